The summed E-state index contributed by atoms with van der Waals surface area (Å²) in [5, 5.41) is 0. The fourth-order valence-electron chi connectivity index (χ4n) is 2.01. The van der Waals surface area contributed by atoms with Gasteiger partial charge >= 0.3 is 0 Å². The zero-order valence-corrected chi connectivity index (χ0v) is 11.6. The van der Waals surface area contributed by atoms with E-state index in [9.17, 15) is 0 Å². The summed E-state index contributed by atoms with van der Waals surface area (Å²) in [5.41, 5.74) is 0. The molecule has 1 heterocycles. The van der Waals surface area contributed by atoms with Crippen LogP contribution in [0.15, 0.2) is 0 Å². The molecule has 0 radical (unpaired) electrons. The van der Waals surface area contributed by atoms with Crippen LogP contribution in [0.5, 0.6) is 0 Å². The van der Waals surface area contributed by atoms with Gasteiger partial charge in [-0.3, -0.25) is 0 Å². The van der Waals surface area contributed by atoms with Crippen molar-refractivity contribution in [3.63, 3.8) is 0 Å². The van der Waals surface area contributed by atoms with Crippen molar-refractivity contribution >= 4 is 0 Å². The SMILES string of the molecule is CC.CC(C)CCCN1CCC(C)CC1. The molecular formula is C14H31N. The molecule has 0 spiro atoms. The molecule has 0 aromatic rings. The minimum Gasteiger partial charge on any atom is -0.303 e. The second-order valence-electron chi connectivity index (χ2n) is 5.06. The normalized spacial score (nSPS) is 18.8. The average Bonchev–Trinajstić information content (AvgIpc) is 2.23. The van der Waals surface area contributed by atoms with E-state index in [-0.39, 0.29) is 0 Å². The van der Waals surface area contributed by atoms with Crippen LogP contribution in [0.1, 0.15) is 60.3 Å². The highest BCUT2D eigenvalue weighted by molar-refractivity contribution is 4.69. The van der Waals surface area contributed by atoms with E-state index < -0.39 is 0 Å². The molecule has 0 atom stereocenters. The maximum absolute atomic E-state index is 2.64. The molecule has 0 saturated carbocycles. The van der Waals surface area contributed by atoms with Crippen molar-refractivity contribution < 1.29 is 0 Å². The van der Waals surface area contributed by atoms with E-state index in [4.69, 9.17) is 0 Å². The number of hydrogen-bond donors (Lipinski definition) is 0. The first-order valence-corrected chi connectivity index (χ1v) is 6.91. The van der Waals surface area contributed by atoms with Gasteiger partial charge in [0.25, 0.3) is 0 Å². The quantitative estimate of drug-likeness (QED) is 0.677. The molecule has 1 fully saturated rings. The summed E-state index contributed by atoms with van der Waals surface area (Å²) in [6.45, 7) is 15.0. The van der Waals surface area contributed by atoms with E-state index in [2.05, 4.69) is 25.7 Å². The van der Waals surface area contributed by atoms with Gasteiger partial charge in [0.15, 0.2) is 0 Å². The Balaban J connectivity index is 0.000000921. The molecule has 0 unspecified atom stereocenters. The Morgan fingerprint density at radius 1 is 1.13 bits per heavy atom. The van der Waals surface area contributed by atoms with Gasteiger partial charge < -0.3 is 4.90 Å². The molecule has 1 aliphatic heterocycles. The smallest absolute Gasteiger partial charge is 0.00162 e. The van der Waals surface area contributed by atoms with E-state index >= 15 is 0 Å². The molecule has 0 amide bonds. The first-order valence-electron chi connectivity index (χ1n) is 6.91. The number of rotatable bonds is 4. The molecule has 92 valence electrons. The number of likely N-dealkylation sites (tertiary alicyclic amines) is 1. The van der Waals surface area contributed by atoms with Crippen molar-refractivity contribution in [3.05, 3.63) is 0 Å². The fourth-order valence-corrected chi connectivity index (χ4v) is 2.01. The average molecular weight is 213 g/mol. The Morgan fingerprint density at radius 3 is 2.13 bits per heavy atom. The van der Waals surface area contributed by atoms with Crippen molar-refractivity contribution in [1.82, 2.24) is 4.90 Å². The maximum atomic E-state index is 2.64. The molecule has 0 aliphatic carbocycles. The molecule has 1 nitrogen and oxygen atoms in total. The highest BCUT2D eigenvalue weighted by atomic mass is 15.1. The van der Waals surface area contributed by atoms with Gasteiger partial charge in [-0.1, -0.05) is 34.6 Å². The van der Waals surface area contributed by atoms with E-state index in [1.165, 1.54) is 45.3 Å². The van der Waals surface area contributed by atoms with Gasteiger partial charge in [0.05, 0.1) is 0 Å². The van der Waals surface area contributed by atoms with Gasteiger partial charge in [0, 0.05) is 0 Å². The molecule has 0 aromatic carbocycles. The lowest BCUT2D eigenvalue weighted by Gasteiger charge is -2.30. The Hall–Kier alpha value is -0.0400. The predicted molar refractivity (Wildman–Crippen MR) is 70.3 cm³/mol. The van der Waals surface area contributed by atoms with Gasteiger partial charge in [0.2, 0.25) is 0 Å². The Labute approximate surface area is 97.2 Å². The van der Waals surface area contributed by atoms with Gasteiger partial charge in [-0.05, 0) is 57.2 Å². The molecule has 1 rings (SSSR count). The van der Waals surface area contributed by atoms with Gasteiger partial charge in [-0.25, -0.2) is 0 Å². The van der Waals surface area contributed by atoms with Crippen molar-refractivity contribution in [1.29, 1.82) is 0 Å². The largest absolute Gasteiger partial charge is 0.303 e. The summed E-state index contributed by atoms with van der Waals surface area (Å²) in [5.74, 6) is 1.85. The first kappa shape index (κ1) is 15.0. The Morgan fingerprint density at radius 2 is 1.67 bits per heavy atom. The van der Waals surface area contributed by atoms with Crippen LogP contribution in [-0.2, 0) is 0 Å². The monoisotopic (exact) mass is 213 g/mol. The van der Waals surface area contributed by atoms with Gasteiger partial charge in [0.1, 0.15) is 0 Å². The van der Waals surface area contributed by atoms with Gasteiger partial charge in [-0.15, -0.1) is 0 Å². The van der Waals surface area contributed by atoms with Crippen molar-refractivity contribution in [3.8, 4) is 0 Å². The third-order valence-electron chi connectivity index (χ3n) is 3.13. The third-order valence-corrected chi connectivity index (χ3v) is 3.13. The molecule has 0 N–H and O–H groups in total. The van der Waals surface area contributed by atoms with E-state index in [1.54, 1.807) is 0 Å². The topological polar surface area (TPSA) is 3.24 Å². The van der Waals surface area contributed by atoms with Gasteiger partial charge in [-0.2, -0.15) is 0 Å². The second kappa shape index (κ2) is 9.21. The van der Waals surface area contributed by atoms with Crippen molar-refractivity contribution in [2.45, 2.75) is 60.3 Å². The predicted octanol–water partition coefficient (Wildman–Crippen LogP) is 4.18. The standard InChI is InChI=1S/C12H25N.C2H6/c1-11(2)5-4-8-13-9-6-12(3)7-10-13;1-2/h11-12H,4-10H2,1-3H3;1-2H3. The van der Waals surface area contributed by atoms with Crippen LogP contribution >= 0.6 is 0 Å². The third kappa shape index (κ3) is 7.84. The zero-order chi connectivity index (χ0) is 11.7. The molecule has 1 saturated heterocycles. The molecular weight excluding hydrogens is 182 g/mol. The highest BCUT2D eigenvalue weighted by Gasteiger charge is 2.14. The van der Waals surface area contributed by atoms with E-state index in [0.29, 0.717) is 0 Å². The minimum absolute atomic E-state index is 0.878. The molecule has 1 heteroatoms. The molecule has 1 aliphatic rings. The highest BCUT2D eigenvalue weighted by Crippen LogP contribution is 2.16. The summed E-state index contributed by atoms with van der Waals surface area (Å²) in [6, 6.07) is 0. The zero-order valence-electron chi connectivity index (χ0n) is 11.6. The summed E-state index contributed by atoms with van der Waals surface area (Å²) in [6.07, 6.45) is 5.63. The summed E-state index contributed by atoms with van der Waals surface area (Å²) < 4.78 is 0. The van der Waals surface area contributed by atoms with Crippen LogP contribution in [0.25, 0.3) is 0 Å². The Kier molecular flexibility index (Phi) is 9.18. The van der Waals surface area contributed by atoms with E-state index in [1.807, 2.05) is 13.8 Å². The van der Waals surface area contributed by atoms with Crippen LogP contribution in [0.4, 0.5) is 0 Å². The summed E-state index contributed by atoms with van der Waals surface area (Å²) in [7, 11) is 0. The maximum Gasteiger partial charge on any atom is -0.00162 e. The van der Waals surface area contributed by atoms with Crippen LogP contribution < -0.4 is 0 Å². The summed E-state index contributed by atoms with van der Waals surface area (Å²) >= 11 is 0. The van der Waals surface area contributed by atoms with Crippen molar-refractivity contribution in [2.24, 2.45) is 11.8 Å². The lowest BCUT2D eigenvalue weighted by molar-refractivity contribution is 0.187. The van der Waals surface area contributed by atoms with E-state index in [0.717, 1.165) is 11.8 Å². The molecule has 0 bridgehead atoms. The number of hydrogen-bond acceptors (Lipinski definition) is 1. The summed E-state index contributed by atoms with van der Waals surface area (Å²) in [4.78, 5) is 2.64. The molecule has 15 heavy (non-hydrogen) atoms. The van der Waals surface area contributed by atoms with Crippen LogP contribution in [0, 0.1) is 11.8 Å². The van der Waals surface area contributed by atoms with Crippen LogP contribution in [0.3, 0.4) is 0 Å². The lowest BCUT2D eigenvalue weighted by atomic mass is 9.99. The lowest BCUT2D eigenvalue weighted by Crippen LogP contribution is -2.33. The first-order chi connectivity index (χ1) is 7.18. The van der Waals surface area contributed by atoms with Crippen LogP contribution in [0.2, 0.25) is 0 Å². The number of piperidine rings is 1. The number of nitrogens with zero attached hydrogens (tertiary/aromatic N) is 1. The molecule has 0 aromatic heterocycles. The van der Waals surface area contributed by atoms with Crippen LogP contribution in [-0.4, -0.2) is 24.5 Å². The second-order valence-corrected chi connectivity index (χ2v) is 5.06. The Bertz CT molecular complexity index is 123. The minimum atomic E-state index is 0.878. The fraction of sp³-hybridized carbons (Fsp3) is 1.00. The van der Waals surface area contributed by atoms with Crippen molar-refractivity contribution in [2.75, 3.05) is 19.6 Å².